The second kappa shape index (κ2) is 9.09. The highest BCUT2D eigenvalue weighted by molar-refractivity contribution is 6.36. The maximum Gasteiger partial charge on any atom is 0.164 e. The number of hydrogen-bond donors (Lipinski definition) is 0. The summed E-state index contributed by atoms with van der Waals surface area (Å²) < 4.78 is 0. The number of aromatic nitrogens is 4. The van der Waals surface area contributed by atoms with Gasteiger partial charge in [0.2, 0.25) is 0 Å². The predicted molar refractivity (Wildman–Crippen MR) is 142 cm³/mol. The molecule has 166 valence electrons. The van der Waals surface area contributed by atoms with E-state index in [0.717, 1.165) is 38.7 Å². The van der Waals surface area contributed by atoms with Crippen molar-refractivity contribution in [3.63, 3.8) is 0 Å². The van der Waals surface area contributed by atoms with Gasteiger partial charge in [0.1, 0.15) is 0 Å². The van der Waals surface area contributed by atoms with Crippen LogP contribution in [0.2, 0.25) is 5.02 Å². The number of benzene rings is 4. The smallest absolute Gasteiger partial charge is 0.164 e. The molecule has 0 aliphatic carbocycles. The normalized spacial score (nSPS) is 11.0. The minimum Gasteiger partial charge on any atom is -0.256 e. The molecule has 0 N–H and O–H groups in total. The van der Waals surface area contributed by atoms with Crippen LogP contribution in [-0.2, 0) is 0 Å². The first-order valence-electron chi connectivity index (χ1n) is 11.3. The van der Waals surface area contributed by atoms with Crippen LogP contribution < -0.4 is 0 Å². The summed E-state index contributed by atoms with van der Waals surface area (Å²) in [4.78, 5) is 18.8. The van der Waals surface area contributed by atoms with Gasteiger partial charge in [-0.1, -0.05) is 109 Å². The molecular formula is C30H19ClN4. The Kier molecular flexibility index (Phi) is 5.49. The fourth-order valence-corrected chi connectivity index (χ4v) is 4.40. The van der Waals surface area contributed by atoms with E-state index in [1.165, 1.54) is 0 Å². The third kappa shape index (κ3) is 4.16. The van der Waals surface area contributed by atoms with E-state index in [9.17, 15) is 0 Å². The molecule has 0 fully saturated rings. The summed E-state index contributed by atoms with van der Waals surface area (Å²) in [5.74, 6) is 1.91. The Labute approximate surface area is 208 Å². The Balaban J connectivity index is 1.46. The minimum atomic E-state index is 0.627. The Bertz CT molecular complexity index is 1570. The quantitative estimate of drug-likeness (QED) is 0.264. The first-order valence-corrected chi connectivity index (χ1v) is 11.6. The first-order chi connectivity index (χ1) is 17.3. The molecule has 4 aromatic carbocycles. The summed E-state index contributed by atoms with van der Waals surface area (Å²) in [6.07, 6.45) is 1.73. The number of pyridine rings is 1. The van der Waals surface area contributed by atoms with Crippen LogP contribution in [0.25, 0.3) is 56.2 Å². The standard InChI is InChI=1S/C30H19ClN4/c31-25-18-19-32-26-13-7-12-24(27(25)26)20-14-16-23(17-15-20)30-34-28(21-8-3-1-4-9-21)33-29(35-30)22-10-5-2-6-11-22/h1-19H. The molecule has 5 heteroatoms. The van der Waals surface area contributed by atoms with Crippen LogP contribution in [0.5, 0.6) is 0 Å². The Morgan fingerprint density at radius 2 is 0.971 bits per heavy atom. The van der Waals surface area contributed by atoms with Gasteiger partial charge in [-0.2, -0.15) is 0 Å². The maximum atomic E-state index is 6.52. The maximum absolute atomic E-state index is 6.52. The van der Waals surface area contributed by atoms with E-state index in [-0.39, 0.29) is 0 Å². The fraction of sp³-hybridized carbons (Fsp3) is 0. The highest BCUT2D eigenvalue weighted by Crippen LogP contribution is 2.34. The lowest BCUT2D eigenvalue weighted by Crippen LogP contribution is -2.00. The molecular weight excluding hydrogens is 452 g/mol. The van der Waals surface area contributed by atoms with Crippen molar-refractivity contribution in [2.24, 2.45) is 0 Å². The summed E-state index contributed by atoms with van der Waals surface area (Å²) in [5, 5.41) is 1.63. The zero-order valence-corrected chi connectivity index (χ0v) is 19.4. The van der Waals surface area contributed by atoms with Gasteiger partial charge in [-0.15, -0.1) is 0 Å². The third-order valence-corrected chi connectivity index (χ3v) is 6.18. The van der Waals surface area contributed by atoms with Gasteiger partial charge in [0.15, 0.2) is 17.5 Å². The highest BCUT2D eigenvalue weighted by Gasteiger charge is 2.13. The van der Waals surface area contributed by atoms with E-state index in [1.807, 2.05) is 91.0 Å². The molecule has 0 spiro atoms. The molecule has 0 radical (unpaired) electrons. The number of fused-ring (bicyclic) bond motifs is 1. The molecule has 35 heavy (non-hydrogen) atoms. The van der Waals surface area contributed by atoms with Crippen molar-refractivity contribution in [3.8, 4) is 45.3 Å². The van der Waals surface area contributed by atoms with E-state index in [1.54, 1.807) is 6.20 Å². The monoisotopic (exact) mass is 470 g/mol. The SMILES string of the molecule is Clc1ccnc2cccc(-c3ccc(-c4nc(-c5ccccc5)nc(-c5ccccc5)n4)cc3)c12. The number of rotatable bonds is 4. The van der Waals surface area contributed by atoms with Crippen LogP contribution in [-0.4, -0.2) is 19.9 Å². The molecule has 0 amide bonds. The highest BCUT2D eigenvalue weighted by atomic mass is 35.5. The molecule has 0 aliphatic rings. The van der Waals surface area contributed by atoms with Gasteiger partial charge < -0.3 is 0 Å². The van der Waals surface area contributed by atoms with Crippen LogP contribution in [0, 0.1) is 0 Å². The van der Waals surface area contributed by atoms with Crippen LogP contribution in [0.3, 0.4) is 0 Å². The second-order valence-corrected chi connectivity index (χ2v) is 8.52. The van der Waals surface area contributed by atoms with Gasteiger partial charge >= 0.3 is 0 Å². The third-order valence-electron chi connectivity index (χ3n) is 5.87. The number of halogens is 1. The number of hydrogen-bond acceptors (Lipinski definition) is 4. The van der Waals surface area contributed by atoms with Gasteiger partial charge in [0.25, 0.3) is 0 Å². The van der Waals surface area contributed by atoms with Gasteiger partial charge in [0.05, 0.1) is 10.5 Å². The molecule has 4 nitrogen and oxygen atoms in total. The van der Waals surface area contributed by atoms with E-state index in [0.29, 0.717) is 22.5 Å². The summed E-state index contributed by atoms with van der Waals surface area (Å²) in [5.41, 5.74) is 5.77. The largest absolute Gasteiger partial charge is 0.256 e. The van der Waals surface area contributed by atoms with E-state index in [4.69, 9.17) is 26.6 Å². The molecule has 0 unspecified atom stereocenters. The van der Waals surface area contributed by atoms with Crippen LogP contribution >= 0.6 is 11.6 Å². The summed E-state index contributed by atoms with van der Waals surface area (Å²) in [7, 11) is 0. The van der Waals surface area contributed by atoms with Gasteiger partial charge in [-0.05, 0) is 23.3 Å². The Hall–Kier alpha value is -4.41. The summed E-state index contributed by atoms with van der Waals surface area (Å²) in [6.45, 7) is 0. The number of nitrogens with zero attached hydrogens (tertiary/aromatic N) is 4. The minimum absolute atomic E-state index is 0.627. The zero-order chi connectivity index (χ0) is 23.6. The molecule has 6 aromatic rings. The van der Waals surface area contributed by atoms with Crippen molar-refractivity contribution in [1.29, 1.82) is 0 Å². The first kappa shape index (κ1) is 21.1. The second-order valence-electron chi connectivity index (χ2n) is 8.11. The zero-order valence-electron chi connectivity index (χ0n) is 18.6. The summed E-state index contributed by atoms with van der Waals surface area (Å²) in [6, 6.07) is 36.0. The van der Waals surface area contributed by atoms with Crippen molar-refractivity contribution in [2.45, 2.75) is 0 Å². The molecule has 0 bridgehead atoms. The van der Waals surface area contributed by atoms with Crippen LogP contribution in [0.15, 0.2) is 115 Å². The van der Waals surface area contributed by atoms with Crippen LogP contribution in [0.4, 0.5) is 0 Å². The molecule has 0 saturated carbocycles. The molecule has 2 heterocycles. The average Bonchev–Trinajstić information content (AvgIpc) is 2.94. The topological polar surface area (TPSA) is 51.6 Å². The molecule has 2 aromatic heterocycles. The van der Waals surface area contributed by atoms with E-state index in [2.05, 4.69) is 23.2 Å². The van der Waals surface area contributed by atoms with Crippen molar-refractivity contribution >= 4 is 22.5 Å². The lowest BCUT2D eigenvalue weighted by atomic mass is 9.99. The lowest BCUT2D eigenvalue weighted by molar-refractivity contribution is 1.07. The lowest BCUT2D eigenvalue weighted by Gasteiger charge is -2.10. The van der Waals surface area contributed by atoms with Crippen LogP contribution in [0.1, 0.15) is 0 Å². The molecule has 0 saturated heterocycles. The van der Waals surface area contributed by atoms with Crippen molar-refractivity contribution in [3.05, 3.63) is 120 Å². The predicted octanol–water partition coefficient (Wildman–Crippen LogP) is 7.74. The Morgan fingerprint density at radius 1 is 0.457 bits per heavy atom. The molecule has 6 rings (SSSR count). The van der Waals surface area contributed by atoms with Gasteiger partial charge in [-0.25, -0.2) is 15.0 Å². The molecule has 0 aliphatic heterocycles. The van der Waals surface area contributed by atoms with Crippen molar-refractivity contribution in [1.82, 2.24) is 19.9 Å². The summed E-state index contributed by atoms with van der Waals surface area (Å²) >= 11 is 6.52. The Morgan fingerprint density at radius 3 is 1.54 bits per heavy atom. The fourth-order valence-electron chi connectivity index (χ4n) is 4.14. The van der Waals surface area contributed by atoms with Crippen molar-refractivity contribution < 1.29 is 0 Å². The van der Waals surface area contributed by atoms with Gasteiger partial charge in [0, 0.05) is 28.3 Å². The van der Waals surface area contributed by atoms with E-state index >= 15 is 0 Å². The molecule has 0 atom stereocenters. The van der Waals surface area contributed by atoms with E-state index < -0.39 is 0 Å². The average molecular weight is 471 g/mol. The van der Waals surface area contributed by atoms with Crippen molar-refractivity contribution in [2.75, 3.05) is 0 Å². The van der Waals surface area contributed by atoms with Gasteiger partial charge in [-0.3, -0.25) is 4.98 Å².